The summed E-state index contributed by atoms with van der Waals surface area (Å²) < 4.78 is 6.09. The van der Waals surface area contributed by atoms with Crippen LogP contribution in [-0.2, 0) is 16.1 Å². The van der Waals surface area contributed by atoms with Crippen molar-refractivity contribution in [2.75, 3.05) is 6.61 Å². The van der Waals surface area contributed by atoms with Gasteiger partial charge >= 0.3 is 5.97 Å². The lowest BCUT2D eigenvalue weighted by atomic mass is 10.0. The van der Waals surface area contributed by atoms with Gasteiger partial charge in [0.2, 0.25) is 5.91 Å². The van der Waals surface area contributed by atoms with Gasteiger partial charge in [-0.2, -0.15) is 0 Å². The minimum Gasteiger partial charge on any atom is -0.491 e. The standard InChI is InChI=1S/C33H31N3O4/c34-32(35)27-12-10-25(11-13-27)26-14-16-30(17-15-26)40-21-29-18-28(19-31(37)38)33(39)36(29)20-22-6-8-24(9-7-22)23-4-2-1-3-5-23/h1-17,28-29H,18-21H2,(H3,34,35)(H,37,38)/t28-,29-/m0/s1. The fourth-order valence-electron chi connectivity index (χ4n) is 5.13. The summed E-state index contributed by atoms with van der Waals surface area (Å²) >= 11 is 0. The minimum atomic E-state index is -0.973. The molecule has 7 nitrogen and oxygen atoms in total. The molecular weight excluding hydrogens is 502 g/mol. The van der Waals surface area contributed by atoms with Gasteiger partial charge < -0.3 is 20.5 Å². The highest BCUT2D eigenvalue weighted by Gasteiger charge is 2.40. The van der Waals surface area contributed by atoms with Crippen molar-refractivity contribution in [3.63, 3.8) is 0 Å². The highest BCUT2D eigenvalue weighted by atomic mass is 16.5. The molecule has 1 aliphatic rings. The van der Waals surface area contributed by atoms with Crippen molar-refractivity contribution in [3.05, 3.63) is 114 Å². The van der Waals surface area contributed by atoms with Gasteiger partial charge in [-0.25, -0.2) is 0 Å². The lowest BCUT2D eigenvalue weighted by molar-refractivity contribution is -0.142. The fourth-order valence-corrected chi connectivity index (χ4v) is 5.13. The van der Waals surface area contributed by atoms with Crippen LogP contribution in [0, 0.1) is 11.3 Å². The summed E-state index contributed by atoms with van der Waals surface area (Å²) in [6.07, 6.45) is 0.254. The number of ether oxygens (including phenoxy) is 1. The summed E-state index contributed by atoms with van der Waals surface area (Å²) in [5, 5.41) is 16.9. The van der Waals surface area contributed by atoms with Crippen LogP contribution in [0.3, 0.4) is 0 Å². The molecule has 1 saturated heterocycles. The van der Waals surface area contributed by atoms with Crippen LogP contribution in [0.5, 0.6) is 5.75 Å². The molecule has 0 aromatic heterocycles. The summed E-state index contributed by atoms with van der Waals surface area (Å²) in [6, 6.07) is 33.1. The van der Waals surface area contributed by atoms with Crippen LogP contribution in [0.2, 0.25) is 0 Å². The van der Waals surface area contributed by atoms with Crippen LogP contribution >= 0.6 is 0 Å². The molecular formula is C33H31N3O4. The molecule has 2 atom stereocenters. The number of likely N-dealkylation sites (tertiary alicyclic amines) is 1. The van der Waals surface area contributed by atoms with Gasteiger partial charge in [-0.3, -0.25) is 15.0 Å². The third-order valence-corrected chi connectivity index (χ3v) is 7.29. The molecule has 0 bridgehead atoms. The van der Waals surface area contributed by atoms with E-state index in [0.29, 0.717) is 24.3 Å². The highest BCUT2D eigenvalue weighted by Crippen LogP contribution is 2.31. The van der Waals surface area contributed by atoms with Crippen molar-refractivity contribution < 1.29 is 19.4 Å². The summed E-state index contributed by atoms with van der Waals surface area (Å²) in [7, 11) is 0. The van der Waals surface area contributed by atoms with Gasteiger partial charge in [-0.15, -0.1) is 0 Å². The van der Waals surface area contributed by atoms with E-state index in [1.54, 1.807) is 4.90 Å². The summed E-state index contributed by atoms with van der Waals surface area (Å²) in [5.74, 6) is -0.975. The van der Waals surface area contributed by atoms with Crippen molar-refractivity contribution in [1.82, 2.24) is 4.90 Å². The summed E-state index contributed by atoms with van der Waals surface area (Å²) in [4.78, 5) is 26.4. The Morgan fingerprint density at radius 1 is 0.850 bits per heavy atom. The second kappa shape index (κ2) is 11.9. The summed E-state index contributed by atoms with van der Waals surface area (Å²) in [5.41, 5.74) is 11.4. The molecule has 0 radical (unpaired) electrons. The van der Waals surface area contributed by atoms with Gasteiger partial charge in [0, 0.05) is 12.1 Å². The number of nitrogens with zero attached hydrogens (tertiary/aromatic N) is 1. The van der Waals surface area contributed by atoms with E-state index in [1.807, 2.05) is 91.0 Å². The van der Waals surface area contributed by atoms with Crippen molar-refractivity contribution in [2.45, 2.75) is 25.4 Å². The number of nitrogen functional groups attached to an aromatic ring is 1. The number of carboxylic acid groups (broad SMARTS) is 1. The third kappa shape index (κ3) is 6.21. The lowest BCUT2D eigenvalue weighted by Gasteiger charge is -2.25. The number of benzene rings is 4. The second-order valence-corrected chi connectivity index (χ2v) is 10.0. The van der Waals surface area contributed by atoms with Gasteiger partial charge in [-0.1, -0.05) is 91.0 Å². The smallest absolute Gasteiger partial charge is 0.304 e. The Morgan fingerprint density at radius 2 is 1.40 bits per heavy atom. The van der Waals surface area contributed by atoms with E-state index in [1.165, 1.54) is 0 Å². The predicted octanol–water partition coefficient (Wildman–Crippen LogP) is 5.58. The Labute approximate surface area is 233 Å². The van der Waals surface area contributed by atoms with Gasteiger partial charge in [0.1, 0.15) is 18.2 Å². The molecule has 4 aromatic rings. The van der Waals surface area contributed by atoms with Gasteiger partial charge in [-0.05, 0) is 46.4 Å². The minimum absolute atomic E-state index is 0.0320. The first-order chi connectivity index (χ1) is 19.4. The molecule has 1 aliphatic heterocycles. The van der Waals surface area contributed by atoms with E-state index < -0.39 is 11.9 Å². The SMILES string of the molecule is N=C(N)c1ccc(-c2ccc(OC[C@@H]3C[C@@H](CC(=O)O)C(=O)N3Cc3ccc(-c4ccccc4)cc3)cc2)cc1. The molecule has 4 N–H and O–H groups in total. The monoisotopic (exact) mass is 533 g/mol. The maximum absolute atomic E-state index is 13.2. The van der Waals surface area contributed by atoms with E-state index in [2.05, 4.69) is 12.1 Å². The highest BCUT2D eigenvalue weighted by molar-refractivity contribution is 5.95. The van der Waals surface area contributed by atoms with E-state index >= 15 is 0 Å². The van der Waals surface area contributed by atoms with Gasteiger partial charge in [0.25, 0.3) is 0 Å². The lowest BCUT2D eigenvalue weighted by Crippen LogP contribution is -2.37. The van der Waals surface area contributed by atoms with E-state index in [9.17, 15) is 14.7 Å². The first-order valence-corrected chi connectivity index (χ1v) is 13.2. The van der Waals surface area contributed by atoms with Gasteiger partial charge in [0.05, 0.1) is 18.4 Å². The fraction of sp³-hybridized carbons (Fsp3) is 0.182. The number of rotatable bonds is 10. The predicted molar refractivity (Wildman–Crippen MR) is 155 cm³/mol. The maximum Gasteiger partial charge on any atom is 0.304 e. The van der Waals surface area contributed by atoms with Gasteiger partial charge in [0.15, 0.2) is 0 Å². The van der Waals surface area contributed by atoms with Crippen LogP contribution in [0.4, 0.5) is 0 Å². The number of hydrogen-bond donors (Lipinski definition) is 3. The number of amides is 1. The van der Waals surface area contributed by atoms with Crippen molar-refractivity contribution in [3.8, 4) is 28.0 Å². The Bertz CT molecular complexity index is 1480. The molecule has 5 rings (SSSR count). The molecule has 0 aliphatic carbocycles. The normalized spacial score (nSPS) is 16.6. The van der Waals surface area contributed by atoms with E-state index in [0.717, 1.165) is 27.8 Å². The van der Waals surface area contributed by atoms with Crippen molar-refractivity contribution in [1.29, 1.82) is 5.41 Å². The number of nitrogens with two attached hydrogens (primary N) is 1. The number of nitrogens with one attached hydrogen (secondary N) is 1. The molecule has 1 amide bonds. The second-order valence-electron chi connectivity index (χ2n) is 10.0. The number of aliphatic carboxylic acids is 1. The van der Waals surface area contributed by atoms with E-state index in [-0.39, 0.29) is 30.8 Å². The zero-order valence-electron chi connectivity index (χ0n) is 22.0. The average Bonchev–Trinajstić information content (AvgIpc) is 3.26. The zero-order valence-corrected chi connectivity index (χ0v) is 22.0. The number of carboxylic acids is 1. The Kier molecular flexibility index (Phi) is 7.92. The Hall–Kier alpha value is -4.91. The number of carbonyl (C=O) groups excluding carboxylic acids is 1. The van der Waals surface area contributed by atoms with Crippen molar-refractivity contribution in [2.24, 2.45) is 11.7 Å². The van der Waals surface area contributed by atoms with Crippen LogP contribution in [0.1, 0.15) is 24.0 Å². The van der Waals surface area contributed by atoms with Crippen LogP contribution in [0.15, 0.2) is 103 Å². The molecule has 40 heavy (non-hydrogen) atoms. The first kappa shape index (κ1) is 26.7. The molecule has 4 aromatic carbocycles. The Balaban J connectivity index is 1.26. The van der Waals surface area contributed by atoms with E-state index in [4.69, 9.17) is 15.9 Å². The van der Waals surface area contributed by atoms with Crippen molar-refractivity contribution >= 4 is 17.7 Å². The molecule has 202 valence electrons. The quantitative estimate of drug-likeness (QED) is 0.182. The third-order valence-electron chi connectivity index (χ3n) is 7.29. The molecule has 0 saturated carbocycles. The Morgan fingerprint density at radius 3 is 1.98 bits per heavy atom. The molecule has 1 fully saturated rings. The zero-order chi connectivity index (χ0) is 28.1. The first-order valence-electron chi connectivity index (χ1n) is 13.2. The topological polar surface area (TPSA) is 117 Å². The maximum atomic E-state index is 13.2. The van der Waals surface area contributed by atoms with Crippen LogP contribution in [0.25, 0.3) is 22.3 Å². The number of hydrogen-bond acceptors (Lipinski definition) is 4. The number of amidine groups is 1. The molecule has 1 heterocycles. The molecule has 0 spiro atoms. The molecule has 0 unspecified atom stereocenters. The number of carbonyl (C=O) groups is 2. The molecule has 7 heteroatoms. The van der Waals surface area contributed by atoms with Crippen LogP contribution < -0.4 is 10.5 Å². The largest absolute Gasteiger partial charge is 0.491 e. The van der Waals surface area contributed by atoms with Crippen LogP contribution in [-0.4, -0.2) is 40.4 Å². The summed E-state index contributed by atoms with van der Waals surface area (Å²) in [6.45, 7) is 0.670. The average molecular weight is 534 g/mol.